The van der Waals surface area contributed by atoms with E-state index in [0.29, 0.717) is 15.8 Å². The van der Waals surface area contributed by atoms with Gasteiger partial charge in [-0.25, -0.2) is 9.98 Å². The average Bonchev–Trinajstić information content (AvgIpc) is 2.89. The predicted octanol–water partition coefficient (Wildman–Crippen LogP) is 4.67. The molecule has 128 valence electrons. The highest BCUT2D eigenvalue weighted by atomic mass is 32.1. The van der Waals surface area contributed by atoms with Crippen molar-refractivity contribution >= 4 is 29.1 Å². The number of hydrogen-bond acceptors (Lipinski definition) is 5. The molecule has 1 aromatic heterocycles. The Bertz CT molecular complexity index is 781. The lowest BCUT2D eigenvalue weighted by atomic mass is 10.1. The monoisotopic (exact) mass is 345 g/mol. The van der Waals surface area contributed by atoms with Crippen LogP contribution in [-0.4, -0.2) is 35.6 Å². The molecule has 0 unspecified atom stereocenters. The minimum Gasteiger partial charge on any atom is -0.431 e. The second-order valence-corrected chi connectivity index (χ2v) is 6.74. The number of thiazole rings is 1. The predicted molar refractivity (Wildman–Crippen MR) is 99.3 cm³/mol. The van der Waals surface area contributed by atoms with Gasteiger partial charge in [0.25, 0.3) is 5.19 Å². The molecule has 0 atom stereocenters. The van der Waals surface area contributed by atoms with E-state index in [9.17, 15) is 4.79 Å². The zero-order valence-corrected chi connectivity index (χ0v) is 15.8. The smallest absolute Gasteiger partial charge is 0.279 e. The van der Waals surface area contributed by atoms with Crippen LogP contribution in [-0.2, 0) is 0 Å². The molecule has 0 aliphatic rings. The molecule has 1 aromatic carbocycles. The van der Waals surface area contributed by atoms with Crippen molar-refractivity contribution in [2.45, 2.75) is 34.6 Å². The van der Waals surface area contributed by atoms with E-state index in [1.807, 2.05) is 51.2 Å². The lowest BCUT2D eigenvalue weighted by Crippen LogP contribution is -2.14. The largest absolute Gasteiger partial charge is 0.431 e. The molecule has 0 amide bonds. The van der Waals surface area contributed by atoms with Gasteiger partial charge in [0, 0.05) is 20.5 Å². The fourth-order valence-corrected chi connectivity index (χ4v) is 2.93. The number of carbonyl (C=O) groups is 1. The molecule has 6 heteroatoms. The van der Waals surface area contributed by atoms with Crippen molar-refractivity contribution in [3.63, 3.8) is 0 Å². The lowest BCUT2D eigenvalue weighted by molar-refractivity contribution is 0.102. The molecule has 0 spiro atoms. The number of benzene rings is 1. The molecule has 0 N–H and O–H groups in total. The summed E-state index contributed by atoms with van der Waals surface area (Å²) >= 11 is 1.28. The van der Waals surface area contributed by atoms with E-state index < -0.39 is 0 Å². The van der Waals surface area contributed by atoms with Gasteiger partial charge in [-0.3, -0.25) is 4.79 Å². The molecular weight excluding hydrogens is 322 g/mol. The van der Waals surface area contributed by atoms with Crippen LogP contribution in [0.4, 0.5) is 5.69 Å². The highest BCUT2D eigenvalue weighted by Gasteiger charge is 2.14. The number of nitrogens with zero attached hydrogens (tertiary/aromatic N) is 3. The number of aliphatic imine (C=N–C) groups is 1. The molecule has 2 rings (SSSR count). The summed E-state index contributed by atoms with van der Waals surface area (Å²) in [6.07, 6.45) is 1.83. The van der Waals surface area contributed by atoms with E-state index >= 15 is 0 Å². The fourth-order valence-electron chi connectivity index (χ4n) is 2.10. The Morgan fingerprint density at radius 2 is 2.04 bits per heavy atom. The zero-order valence-electron chi connectivity index (χ0n) is 15.0. The summed E-state index contributed by atoms with van der Waals surface area (Å²) in [6, 6.07) is 3.95. The first-order valence-electron chi connectivity index (χ1n) is 7.83. The Morgan fingerprint density at radius 3 is 2.62 bits per heavy atom. The van der Waals surface area contributed by atoms with Crippen LogP contribution >= 0.6 is 11.3 Å². The van der Waals surface area contributed by atoms with E-state index in [1.54, 1.807) is 6.92 Å². The SMILES string of the molecule is CCN(C)/C=N\c1cc(C)c(Oc2nc(C)c(C(C)=O)s2)cc1C. The van der Waals surface area contributed by atoms with Crippen LogP contribution in [0.25, 0.3) is 0 Å². The molecule has 0 radical (unpaired) electrons. The van der Waals surface area contributed by atoms with Crippen LogP contribution < -0.4 is 4.74 Å². The summed E-state index contributed by atoms with van der Waals surface area (Å²) < 4.78 is 5.90. The molecule has 0 aliphatic carbocycles. The number of rotatable bonds is 6. The van der Waals surface area contributed by atoms with E-state index in [-0.39, 0.29) is 5.78 Å². The Labute approximate surface area is 147 Å². The van der Waals surface area contributed by atoms with Gasteiger partial charge in [-0.15, -0.1) is 0 Å². The van der Waals surface area contributed by atoms with Gasteiger partial charge in [0.2, 0.25) is 0 Å². The Morgan fingerprint density at radius 1 is 1.33 bits per heavy atom. The summed E-state index contributed by atoms with van der Waals surface area (Å²) in [7, 11) is 1.99. The quantitative estimate of drug-likeness (QED) is 0.433. The minimum absolute atomic E-state index is 0.0116. The number of carbonyl (C=O) groups excluding carboxylic acids is 1. The normalized spacial score (nSPS) is 11.1. The van der Waals surface area contributed by atoms with E-state index in [2.05, 4.69) is 16.9 Å². The summed E-state index contributed by atoms with van der Waals surface area (Å²) in [5.41, 5.74) is 3.63. The molecule has 0 aliphatic heterocycles. The number of ketones is 1. The maximum atomic E-state index is 11.5. The molecule has 5 nitrogen and oxygen atoms in total. The Kier molecular flexibility index (Phi) is 5.72. The number of Topliss-reactive ketones (excluding diaryl/α,β-unsaturated/α-hetero) is 1. The Balaban J connectivity index is 2.26. The second-order valence-electron chi connectivity index (χ2n) is 5.77. The van der Waals surface area contributed by atoms with Crippen molar-refractivity contribution < 1.29 is 9.53 Å². The zero-order chi connectivity index (χ0) is 17.9. The Hall–Kier alpha value is -2.21. The first kappa shape index (κ1) is 18.1. The molecule has 0 fully saturated rings. The van der Waals surface area contributed by atoms with Gasteiger partial charge in [-0.05, 0) is 51.0 Å². The van der Waals surface area contributed by atoms with Crippen LogP contribution in [0.1, 0.15) is 40.3 Å². The summed E-state index contributed by atoms with van der Waals surface area (Å²) in [6.45, 7) is 10.3. The summed E-state index contributed by atoms with van der Waals surface area (Å²) in [5, 5.41) is 0.488. The lowest BCUT2D eigenvalue weighted by Gasteiger charge is -2.11. The van der Waals surface area contributed by atoms with Crippen LogP contribution in [0.2, 0.25) is 0 Å². The van der Waals surface area contributed by atoms with Crippen LogP contribution in [0.3, 0.4) is 0 Å². The third-order valence-electron chi connectivity index (χ3n) is 3.68. The van der Waals surface area contributed by atoms with Crippen LogP contribution in [0.15, 0.2) is 17.1 Å². The van der Waals surface area contributed by atoms with Crippen LogP contribution in [0.5, 0.6) is 10.9 Å². The molecule has 0 saturated carbocycles. The average molecular weight is 345 g/mol. The number of aryl methyl sites for hydroxylation is 3. The summed E-state index contributed by atoms with van der Waals surface area (Å²) in [4.78, 5) is 23.0. The fraction of sp³-hybridized carbons (Fsp3) is 0.389. The third-order valence-corrected chi connectivity index (χ3v) is 4.82. The topological polar surface area (TPSA) is 54.8 Å². The molecule has 24 heavy (non-hydrogen) atoms. The third kappa shape index (κ3) is 4.20. The first-order chi connectivity index (χ1) is 11.3. The highest BCUT2D eigenvalue weighted by molar-refractivity contribution is 7.15. The molecular formula is C18H23N3O2S. The first-order valence-corrected chi connectivity index (χ1v) is 8.65. The van der Waals surface area contributed by atoms with E-state index in [4.69, 9.17) is 4.74 Å². The van der Waals surface area contributed by atoms with Crippen molar-refractivity contribution in [2.75, 3.05) is 13.6 Å². The van der Waals surface area contributed by atoms with Crippen molar-refractivity contribution in [1.82, 2.24) is 9.88 Å². The number of aromatic nitrogens is 1. The van der Waals surface area contributed by atoms with Gasteiger partial charge in [-0.2, -0.15) is 0 Å². The maximum Gasteiger partial charge on any atom is 0.279 e. The molecule has 0 saturated heterocycles. The van der Waals surface area contributed by atoms with Crippen molar-refractivity contribution in [2.24, 2.45) is 4.99 Å². The number of hydrogen-bond donors (Lipinski definition) is 0. The van der Waals surface area contributed by atoms with Crippen molar-refractivity contribution in [3.05, 3.63) is 33.8 Å². The second kappa shape index (κ2) is 7.57. The van der Waals surface area contributed by atoms with Crippen LogP contribution in [0, 0.1) is 20.8 Å². The van der Waals surface area contributed by atoms with Gasteiger partial charge in [-0.1, -0.05) is 11.3 Å². The van der Waals surface area contributed by atoms with E-state index in [0.717, 1.165) is 29.1 Å². The summed E-state index contributed by atoms with van der Waals surface area (Å²) in [5.74, 6) is 0.747. The standard InChI is InChI=1S/C18H23N3O2S/c1-7-21(6)10-19-15-8-12(3)16(9-11(15)2)23-18-20-13(4)17(24-18)14(5)22/h8-10H,7H2,1-6H3/b19-10-. The number of ether oxygens (including phenoxy) is 1. The molecule has 1 heterocycles. The van der Waals surface area contributed by atoms with E-state index in [1.165, 1.54) is 11.3 Å². The van der Waals surface area contributed by atoms with Gasteiger partial charge in [0.1, 0.15) is 5.75 Å². The highest BCUT2D eigenvalue weighted by Crippen LogP contribution is 2.34. The minimum atomic E-state index is 0.0116. The molecule has 2 aromatic rings. The van der Waals surface area contributed by atoms with Crippen molar-refractivity contribution in [3.8, 4) is 10.9 Å². The van der Waals surface area contributed by atoms with Gasteiger partial charge >= 0.3 is 0 Å². The molecule has 0 bridgehead atoms. The van der Waals surface area contributed by atoms with Gasteiger partial charge in [0.15, 0.2) is 5.78 Å². The maximum absolute atomic E-state index is 11.5. The van der Waals surface area contributed by atoms with Gasteiger partial charge < -0.3 is 9.64 Å². The van der Waals surface area contributed by atoms with Crippen molar-refractivity contribution in [1.29, 1.82) is 0 Å². The van der Waals surface area contributed by atoms with Gasteiger partial charge in [0.05, 0.1) is 22.6 Å².